The fourth-order valence-electron chi connectivity index (χ4n) is 6.53. The van der Waals surface area contributed by atoms with Crippen LogP contribution in [0.4, 0.5) is 23.2 Å². The standard InChI is InChI=1S/C30H33F4N5O2/c1-38-17-36-37-28(38)29(13-22(14-29)41-2)20-4-3-5-21(12-20)39-16-24-23(27(39)40)10-18(11-25(24)30(32,33)34)15-35-9-8-19-6-7-26(19)31/h3-5,10-12,17,19,22,26,35H,6-9,13-16H2,1-2H3/t19-,22?,26-,29?/m1/s1. The molecule has 2 atom stereocenters. The van der Waals surface area contributed by atoms with Gasteiger partial charge in [-0.05, 0) is 85.5 Å². The lowest BCUT2D eigenvalue weighted by Gasteiger charge is -2.46. The van der Waals surface area contributed by atoms with Gasteiger partial charge in [-0.25, -0.2) is 4.39 Å². The Bertz CT molecular complexity index is 1450. The number of methoxy groups -OCH3 is 1. The fourth-order valence-corrected chi connectivity index (χ4v) is 6.53. The lowest BCUT2D eigenvalue weighted by Crippen LogP contribution is -2.48. The summed E-state index contributed by atoms with van der Waals surface area (Å²) in [4.78, 5) is 15.0. The van der Waals surface area contributed by atoms with Crippen LogP contribution in [0.3, 0.4) is 0 Å². The molecule has 1 aliphatic heterocycles. The molecule has 3 aliphatic rings. The number of ether oxygens (including phenoxy) is 1. The lowest BCUT2D eigenvalue weighted by atomic mass is 9.62. The highest BCUT2D eigenvalue weighted by Crippen LogP contribution is 2.50. The zero-order valence-corrected chi connectivity index (χ0v) is 23.0. The summed E-state index contributed by atoms with van der Waals surface area (Å²) in [6.07, 6.45) is -0.288. The second kappa shape index (κ2) is 10.5. The normalized spacial score (nSPS) is 25.7. The van der Waals surface area contributed by atoms with Crippen molar-refractivity contribution in [3.8, 4) is 0 Å². The molecule has 11 heteroatoms. The highest BCUT2D eigenvalue weighted by atomic mass is 19.4. The van der Waals surface area contributed by atoms with E-state index in [9.17, 15) is 22.4 Å². The van der Waals surface area contributed by atoms with Crippen molar-refractivity contribution in [3.63, 3.8) is 0 Å². The van der Waals surface area contributed by atoms with Crippen LogP contribution in [0.15, 0.2) is 42.7 Å². The van der Waals surface area contributed by atoms with Crippen LogP contribution in [0.5, 0.6) is 0 Å². The van der Waals surface area contributed by atoms with Gasteiger partial charge in [0.2, 0.25) is 0 Å². The summed E-state index contributed by atoms with van der Waals surface area (Å²) >= 11 is 0. The van der Waals surface area contributed by atoms with Crippen LogP contribution in [0.25, 0.3) is 0 Å². The van der Waals surface area contributed by atoms with Gasteiger partial charge in [-0.15, -0.1) is 10.2 Å². The third-order valence-electron chi connectivity index (χ3n) is 9.09. The summed E-state index contributed by atoms with van der Waals surface area (Å²) in [5.41, 5.74) is 0.598. The number of hydrogen-bond acceptors (Lipinski definition) is 5. The number of benzene rings is 2. The van der Waals surface area contributed by atoms with Crippen LogP contribution in [0.2, 0.25) is 0 Å². The van der Waals surface area contributed by atoms with Gasteiger partial charge in [0.05, 0.1) is 23.6 Å². The average Bonchev–Trinajstić information content (AvgIpc) is 3.49. The summed E-state index contributed by atoms with van der Waals surface area (Å²) in [5.74, 6) is 0.331. The number of carbonyl (C=O) groups is 1. The second-order valence-electron chi connectivity index (χ2n) is 11.5. The van der Waals surface area contributed by atoms with Gasteiger partial charge in [-0.3, -0.25) is 4.79 Å². The van der Waals surface area contributed by atoms with E-state index < -0.39 is 29.2 Å². The molecular formula is C30H33F4N5O2. The van der Waals surface area contributed by atoms with Gasteiger partial charge in [-0.2, -0.15) is 13.2 Å². The molecule has 7 nitrogen and oxygen atoms in total. The van der Waals surface area contributed by atoms with E-state index in [0.29, 0.717) is 43.5 Å². The Balaban J connectivity index is 1.27. The van der Waals surface area contributed by atoms with Crippen molar-refractivity contribution >= 4 is 11.6 Å². The number of nitrogens with one attached hydrogen (secondary N) is 1. The van der Waals surface area contributed by atoms with Crippen LogP contribution < -0.4 is 10.2 Å². The largest absolute Gasteiger partial charge is 0.416 e. The van der Waals surface area contributed by atoms with Crippen molar-refractivity contribution in [1.82, 2.24) is 20.1 Å². The minimum Gasteiger partial charge on any atom is -0.381 e. The van der Waals surface area contributed by atoms with E-state index in [1.54, 1.807) is 25.6 Å². The van der Waals surface area contributed by atoms with E-state index in [2.05, 4.69) is 15.5 Å². The van der Waals surface area contributed by atoms with Crippen LogP contribution >= 0.6 is 0 Å². The summed E-state index contributed by atoms with van der Waals surface area (Å²) in [6, 6.07) is 10.1. The highest BCUT2D eigenvalue weighted by Gasteiger charge is 2.50. The summed E-state index contributed by atoms with van der Waals surface area (Å²) in [6.45, 7) is 0.509. The molecule has 1 aromatic heterocycles. The smallest absolute Gasteiger partial charge is 0.381 e. The number of anilines is 1. The SMILES string of the molecule is COC1CC(c2cccc(N3Cc4c(cc(CNCC[C@H]5CC[C@H]5F)cc4C(F)(F)F)C3=O)c2)(c2nncn2C)C1. The minimum atomic E-state index is -4.61. The van der Waals surface area contributed by atoms with E-state index >= 15 is 0 Å². The van der Waals surface area contributed by atoms with Crippen LogP contribution in [-0.4, -0.2) is 46.6 Å². The van der Waals surface area contributed by atoms with Gasteiger partial charge in [-0.1, -0.05) is 12.1 Å². The Morgan fingerprint density at radius 2 is 1.98 bits per heavy atom. The molecule has 1 N–H and O–H groups in total. The first kappa shape index (κ1) is 27.8. The molecule has 0 bridgehead atoms. The zero-order valence-electron chi connectivity index (χ0n) is 23.0. The molecule has 0 saturated heterocycles. The molecular weight excluding hydrogens is 538 g/mol. The molecule has 0 spiro atoms. The van der Waals surface area contributed by atoms with Gasteiger partial charge in [0, 0.05) is 32.0 Å². The number of aryl methyl sites for hydroxylation is 1. The number of halogens is 4. The van der Waals surface area contributed by atoms with Crippen LogP contribution in [-0.2, 0) is 36.5 Å². The molecule has 218 valence electrons. The van der Waals surface area contributed by atoms with Crippen LogP contribution in [0, 0.1) is 5.92 Å². The Hall–Kier alpha value is -3.31. The highest BCUT2D eigenvalue weighted by molar-refractivity contribution is 6.10. The Morgan fingerprint density at radius 1 is 1.17 bits per heavy atom. The monoisotopic (exact) mass is 571 g/mol. The van der Waals surface area contributed by atoms with E-state index in [0.717, 1.165) is 23.9 Å². The van der Waals surface area contributed by atoms with Crippen molar-refractivity contribution < 1.29 is 27.1 Å². The molecule has 0 radical (unpaired) electrons. The van der Waals surface area contributed by atoms with Gasteiger partial charge in [0.15, 0.2) is 0 Å². The minimum absolute atomic E-state index is 0.0162. The van der Waals surface area contributed by atoms with E-state index in [4.69, 9.17) is 4.74 Å². The molecule has 3 aromatic rings. The first-order valence-corrected chi connectivity index (χ1v) is 14.0. The molecule has 1 amide bonds. The molecule has 2 aromatic carbocycles. The number of amides is 1. The third-order valence-corrected chi connectivity index (χ3v) is 9.09. The van der Waals surface area contributed by atoms with Crippen molar-refractivity contribution in [2.24, 2.45) is 13.0 Å². The van der Waals surface area contributed by atoms with Crippen molar-refractivity contribution in [2.45, 2.75) is 69.1 Å². The van der Waals surface area contributed by atoms with E-state index in [1.165, 1.54) is 4.90 Å². The molecule has 2 heterocycles. The van der Waals surface area contributed by atoms with Gasteiger partial charge in [0.1, 0.15) is 18.3 Å². The van der Waals surface area contributed by atoms with E-state index in [1.807, 2.05) is 29.8 Å². The topological polar surface area (TPSA) is 72.3 Å². The maximum absolute atomic E-state index is 14.2. The Morgan fingerprint density at radius 3 is 2.61 bits per heavy atom. The predicted octanol–water partition coefficient (Wildman–Crippen LogP) is 5.32. The number of carbonyl (C=O) groups excluding carboxylic acids is 1. The number of alkyl halides is 4. The number of fused-ring (bicyclic) bond motifs is 1. The van der Waals surface area contributed by atoms with Crippen molar-refractivity contribution in [2.75, 3.05) is 18.6 Å². The quantitative estimate of drug-likeness (QED) is 0.278. The summed E-state index contributed by atoms with van der Waals surface area (Å²) in [5, 5.41) is 11.5. The lowest BCUT2D eigenvalue weighted by molar-refractivity contribution is -0.138. The van der Waals surface area contributed by atoms with Crippen molar-refractivity contribution in [3.05, 3.63) is 76.4 Å². The number of hydrogen-bond donors (Lipinski definition) is 1. The molecule has 2 aliphatic carbocycles. The molecule has 2 saturated carbocycles. The number of rotatable bonds is 9. The predicted molar refractivity (Wildman–Crippen MR) is 144 cm³/mol. The average molecular weight is 572 g/mol. The molecule has 2 fully saturated rings. The van der Waals surface area contributed by atoms with Crippen LogP contribution in [0.1, 0.15) is 70.5 Å². The first-order valence-electron chi connectivity index (χ1n) is 14.0. The summed E-state index contributed by atoms with van der Waals surface area (Å²) in [7, 11) is 3.54. The van der Waals surface area contributed by atoms with Gasteiger partial charge < -0.3 is 19.5 Å². The fraction of sp³-hybridized carbons (Fsp3) is 0.500. The molecule has 6 rings (SSSR count). The third kappa shape index (κ3) is 4.92. The first-order chi connectivity index (χ1) is 19.6. The second-order valence-corrected chi connectivity index (χ2v) is 11.5. The van der Waals surface area contributed by atoms with E-state index in [-0.39, 0.29) is 36.2 Å². The molecule has 41 heavy (non-hydrogen) atoms. The van der Waals surface area contributed by atoms with Gasteiger partial charge in [0.25, 0.3) is 5.91 Å². The Kier molecular flexibility index (Phi) is 7.14. The number of nitrogens with zero attached hydrogens (tertiary/aromatic N) is 4. The number of aromatic nitrogens is 3. The van der Waals surface area contributed by atoms with Gasteiger partial charge >= 0.3 is 6.18 Å². The van der Waals surface area contributed by atoms with Crippen molar-refractivity contribution in [1.29, 1.82) is 0 Å². The molecule has 0 unspecified atom stereocenters. The summed E-state index contributed by atoms with van der Waals surface area (Å²) < 4.78 is 63.5. The zero-order chi connectivity index (χ0) is 28.9. The maximum atomic E-state index is 14.2. The Labute approximate surface area is 235 Å². The maximum Gasteiger partial charge on any atom is 0.416 e.